The van der Waals surface area contributed by atoms with E-state index in [9.17, 15) is 9.59 Å². The highest BCUT2D eigenvalue weighted by Crippen LogP contribution is 2.20. The maximum absolute atomic E-state index is 11.5. The first-order chi connectivity index (χ1) is 7.23. The molecule has 1 saturated heterocycles. The molecule has 6 heteroatoms. The Morgan fingerprint density at radius 1 is 1.31 bits per heavy atom. The lowest BCUT2D eigenvalue weighted by atomic mass is 10.1. The van der Waals surface area contributed by atoms with Gasteiger partial charge < -0.3 is 5.32 Å². The van der Waals surface area contributed by atoms with Crippen molar-refractivity contribution in [2.24, 2.45) is 0 Å². The summed E-state index contributed by atoms with van der Waals surface area (Å²) in [7, 11) is -0.998. The van der Waals surface area contributed by atoms with Gasteiger partial charge in [-0.05, 0) is 18.7 Å². The van der Waals surface area contributed by atoms with Gasteiger partial charge in [-0.3, -0.25) is 10.1 Å². The summed E-state index contributed by atoms with van der Waals surface area (Å²) in [6.45, 7) is 8.77. The fourth-order valence-electron chi connectivity index (χ4n) is 1.34. The normalized spacial score (nSPS) is 25.5. The molecule has 1 rings (SSSR count). The number of amides is 3. The highest BCUT2D eigenvalue weighted by molar-refractivity contribution is 7.99. The first-order valence-corrected chi connectivity index (χ1v) is 10.3. The summed E-state index contributed by atoms with van der Waals surface area (Å²) < 4.78 is 0. The third-order valence-electron chi connectivity index (χ3n) is 2.50. The SMILES string of the molecule is CC1(CSCC[Si](C)(C)C)NC(=O)NC1=O. The lowest BCUT2D eigenvalue weighted by Crippen LogP contribution is -2.46. The van der Waals surface area contributed by atoms with Gasteiger partial charge in [-0.15, -0.1) is 0 Å². The number of carbonyl (C=O) groups excluding carboxylic acids is 2. The number of hydrogen-bond acceptors (Lipinski definition) is 3. The predicted molar refractivity (Wildman–Crippen MR) is 70.6 cm³/mol. The van der Waals surface area contributed by atoms with E-state index >= 15 is 0 Å². The van der Waals surface area contributed by atoms with Gasteiger partial charge in [0, 0.05) is 13.8 Å². The molecule has 1 atom stereocenters. The van der Waals surface area contributed by atoms with Crippen LogP contribution in [0.5, 0.6) is 0 Å². The number of nitrogens with one attached hydrogen (secondary N) is 2. The van der Waals surface area contributed by atoms with Gasteiger partial charge in [0.15, 0.2) is 0 Å². The zero-order valence-electron chi connectivity index (χ0n) is 10.3. The summed E-state index contributed by atoms with van der Waals surface area (Å²) in [6, 6.07) is 0.863. The second-order valence-corrected chi connectivity index (χ2v) is 12.3. The molecule has 3 amide bonds. The first-order valence-electron chi connectivity index (χ1n) is 5.44. The summed E-state index contributed by atoms with van der Waals surface area (Å²) in [5.41, 5.74) is -0.721. The predicted octanol–water partition coefficient (Wildman–Crippen LogP) is 1.66. The molecule has 0 aromatic rings. The topological polar surface area (TPSA) is 58.2 Å². The fraction of sp³-hybridized carbons (Fsp3) is 0.800. The Kier molecular flexibility index (Phi) is 4.06. The van der Waals surface area contributed by atoms with Crippen molar-refractivity contribution in [1.29, 1.82) is 0 Å². The van der Waals surface area contributed by atoms with Gasteiger partial charge in [-0.2, -0.15) is 11.8 Å². The maximum atomic E-state index is 11.5. The van der Waals surface area contributed by atoms with E-state index in [1.54, 1.807) is 18.7 Å². The van der Waals surface area contributed by atoms with Crippen LogP contribution in [-0.4, -0.2) is 37.1 Å². The number of carbonyl (C=O) groups is 2. The van der Waals surface area contributed by atoms with Crippen molar-refractivity contribution in [3.05, 3.63) is 0 Å². The molecule has 92 valence electrons. The smallest absolute Gasteiger partial charge is 0.322 e. The third kappa shape index (κ3) is 3.82. The fourth-order valence-corrected chi connectivity index (χ4v) is 5.12. The van der Waals surface area contributed by atoms with Crippen molar-refractivity contribution in [2.75, 3.05) is 11.5 Å². The lowest BCUT2D eigenvalue weighted by molar-refractivity contribution is -0.122. The van der Waals surface area contributed by atoms with Crippen LogP contribution in [0, 0.1) is 0 Å². The average Bonchev–Trinajstić information content (AvgIpc) is 2.34. The van der Waals surface area contributed by atoms with Crippen LogP contribution >= 0.6 is 11.8 Å². The number of thioether (sulfide) groups is 1. The molecule has 0 bridgehead atoms. The van der Waals surface area contributed by atoms with Gasteiger partial charge in [0.1, 0.15) is 5.54 Å². The van der Waals surface area contributed by atoms with Crippen molar-refractivity contribution in [1.82, 2.24) is 10.6 Å². The van der Waals surface area contributed by atoms with E-state index in [-0.39, 0.29) is 11.9 Å². The third-order valence-corrected chi connectivity index (χ3v) is 5.89. The van der Waals surface area contributed by atoms with Crippen LogP contribution in [0.1, 0.15) is 6.92 Å². The average molecular weight is 260 g/mol. The van der Waals surface area contributed by atoms with E-state index in [1.165, 1.54) is 6.04 Å². The second-order valence-electron chi connectivity index (χ2n) is 5.60. The minimum absolute atomic E-state index is 0.210. The van der Waals surface area contributed by atoms with Gasteiger partial charge in [0.05, 0.1) is 0 Å². The van der Waals surface area contributed by atoms with Crippen molar-refractivity contribution in [3.8, 4) is 0 Å². The Balaban J connectivity index is 2.32. The Morgan fingerprint density at radius 2 is 1.94 bits per heavy atom. The molecule has 4 nitrogen and oxygen atoms in total. The minimum atomic E-state index is -0.998. The molecule has 1 fully saturated rings. The number of imide groups is 1. The second kappa shape index (κ2) is 4.79. The molecule has 1 heterocycles. The standard InChI is InChI=1S/C10H20N2O2SSi/c1-10(8(13)11-9(14)12-10)7-15-5-6-16(2,3)4/h5-7H2,1-4H3,(H2,11,12,13,14). The van der Waals surface area contributed by atoms with E-state index in [1.807, 2.05) is 0 Å². The molecular weight excluding hydrogens is 240 g/mol. The molecule has 0 spiro atoms. The molecule has 2 N–H and O–H groups in total. The summed E-state index contributed by atoms with van der Waals surface area (Å²) in [5, 5.41) is 4.94. The Bertz CT molecular complexity index is 304. The Labute approximate surface area is 102 Å². The van der Waals surface area contributed by atoms with Crippen molar-refractivity contribution in [2.45, 2.75) is 38.1 Å². The lowest BCUT2D eigenvalue weighted by Gasteiger charge is -2.21. The molecule has 0 saturated carbocycles. The number of urea groups is 1. The molecule has 0 aliphatic carbocycles. The van der Waals surface area contributed by atoms with E-state index in [4.69, 9.17) is 0 Å². The monoisotopic (exact) mass is 260 g/mol. The van der Waals surface area contributed by atoms with E-state index < -0.39 is 13.6 Å². The van der Waals surface area contributed by atoms with Gasteiger partial charge in [0.25, 0.3) is 5.91 Å². The van der Waals surface area contributed by atoms with E-state index in [0.29, 0.717) is 5.75 Å². The van der Waals surface area contributed by atoms with Gasteiger partial charge in [-0.25, -0.2) is 4.79 Å². The van der Waals surface area contributed by atoms with Crippen LogP contribution in [0.4, 0.5) is 4.79 Å². The van der Waals surface area contributed by atoms with Crippen LogP contribution in [0.3, 0.4) is 0 Å². The molecule has 0 aromatic heterocycles. The van der Waals surface area contributed by atoms with Gasteiger partial charge in [0.2, 0.25) is 0 Å². The molecule has 1 aliphatic rings. The van der Waals surface area contributed by atoms with Crippen LogP contribution in [0.2, 0.25) is 25.7 Å². The summed E-state index contributed by atoms with van der Waals surface area (Å²) in [5.74, 6) is 1.50. The van der Waals surface area contributed by atoms with Crippen molar-refractivity contribution >= 4 is 31.8 Å². The van der Waals surface area contributed by atoms with Gasteiger partial charge in [-0.1, -0.05) is 19.6 Å². The van der Waals surface area contributed by atoms with E-state index in [0.717, 1.165) is 5.75 Å². The van der Waals surface area contributed by atoms with E-state index in [2.05, 4.69) is 30.3 Å². The van der Waals surface area contributed by atoms with Crippen LogP contribution in [0.25, 0.3) is 0 Å². The zero-order chi connectivity index (χ0) is 12.4. The molecule has 0 radical (unpaired) electrons. The van der Waals surface area contributed by atoms with Crippen LogP contribution in [0.15, 0.2) is 0 Å². The molecule has 16 heavy (non-hydrogen) atoms. The van der Waals surface area contributed by atoms with Crippen LogP contribution < -0.4 is 10.6 Å². The number of rotatable bonds is 5. The quantitative estimate of drug-likeness (QED) is 0.449. The molecule has 1 aliphatic heterocycles. The highest BCUT2D eigenvalue weighted by Gasteiger charge is 2.41. The maximum Gasteiger partial charge on any atom is 0.322 e. The summed E-state index contributed by atoms with van der Waals surface area (Å²) in [6.07, 6.45) is 0. The van der Waals surface area contributed by atoms with Crippen molar-refractivity contribution in [3.63, 3.8) is 0 Å². The summed E-state index contributed by atoms with van der Waals surface area (Å²) in [4.78, 5) is 22.5. The summed E-state index contributed by atoms with van der Waals surface area (Å²) >= 11 is 1.74. The number of hydrogen-bond donors (Lipinski definition) is 2. The molecular formula is C10H20N2O2SSi. The minimum Gasteiger partial charge on any atom is -0.323 e. The molecule has 0 aromatic carbocycles. The first kappa shape index (κ1) is 13.6. The highest BCUT2D eigenvalue weighted by atomic mass is 32.2. The zero-order valence-corrected chi connectivity index (χ0v) is 12.2. The van der Waals surface area contributed by atoms with Crippen molar-refractivity contribution < 1.29 is 9.59 Å². The largest absolute Gasteiger partial charge is 0.323 e. The molecule has 1 unspecified atom stereocenters. The van der Waals surface area contributed by atoms with Crippen LogP contribution in [-0.2, 0) is 4.79 Å². The Morgan fingerprint density at radius 3 is 2.38 bits per heavy atom. The Hall–Kier alpha value is -0.493. The van der Waals surface area contributed by atoms with Gasteiger partial charge >= 0.3 is 6.03 Å².